The van der Waals surface area contributed by atoms with Crippen LogP contribution in [0.3, 0.4) is 0 Å². The number of carbonyl (C=O) groups is 1. The summed E-state index contributed by atoms with van der Waals surface area (Å²) in [4.78, 5) is 10.8. The zero-order chi connectivity index (χ0) is 9.14. The number of hydrogen-bond donors (Lipinski definition) is 0. The van der Waals surface area contributed by atoms with Crippen LogP contribution in [0.25, 0.3) is 0 Å². The van der Waals surface area contributed by atoms with Crippen molar-refractivity contribution in [3.8, 4) is 0 Å². The molecule has 0 bridgehead atoms. The minimum absolute atomic E-state index is 0.0163. The molecule has 1 fully saturated rings. The third-order valence-electron chi connectivity index (χ3n) is 2.11. The number of halogens is 1. The first-order chi connectivity index (χ1) is 5.65. The van der Waals surface area contributed by atoms with Gasteiger partial charge in [0.1, 0.15) is 6.10 Å². The standard InChI is InChI=1S/C9H13BrO2/c1-3-6(2)9(10)7-4-5-8(11)12-7/h7H,3-5H2,1-2H3/b9-6-. The summed E-state index contributed by atoms with van der Waals surface area (Å²) in [5, 5.41) is 0. The van der Waals surface area contributed by atoms with Crippen LogP contribution in [0.2, 0.25) is 0 Å². The Morgan fingerprint density at radius 1 is 1.75 bits per heavy atom. The summed E-state index contributed by atoms with van der Waals surface area (Å²) in [6.07, 6.45) is 2.35. The molecular formula is C9H13BrO2. The summed E-state index contributed by atoms with van der Waals surface area (Å²) >= 11 is 3.46. The van der Waals surface area contributed by atoms with Crippen LogP contribution < -0.4 is 0 Å². The first kappa shape index (κ1) is 9.78. The highest BCUT2D eigenvalue weighted by Gasteiger charge is 2.26. The highest BCUT2D eigenvalue weighted by molar-refractivity contribution is 9.11. The van der Waals surface area contributed by atoms with E-state index in [-0.39, 0.29) is 12.1 Å². The minimum Gasteiger partial charge on any atom is -0.457 e. The maximum absolute atomic E-state index is 10.8. The predicted molar refractivity (Wildman–Crippen MR) is 51.0 cm³/mol. The summed E-state index contributed by atoms with van der Waals surface area (Å²) in [6, 6.07) is 0. The Hall–Kier alpha value is -0.310. The van der Waals surface area contributed by atoms with Gasteiger partial charge in [-0.15, -0.1) is 0 Å². The van der Waals surface area contributed by atoms with E-state index in [1.807, 2.05) is 0 Å². The van der Waals surface area contributed by atoms with Gasteiger partial charge in [-0.2, -0.15) is 0 Å². The van der Waals surface area contributed by atoms with Gasteiger partial charge in [-0.3, -0.25) is 4.79 Å². The number of esters is 1. The molecule has 0 aromatic rings. The van der Waals surface area contributed by atoms with Crippen molar-refractivity contribution in [2.24, 2.45) is 0 Å². The van der Waals surface area contributed by atoms with E-state index < -0.39 is 0 Å². The lowest BCUT2D eigenvalue weighted by molar-refractivity contribution is -0.140. The normalized spacial score (nSPS) is 25.2. The van der Waals surface area contributed by atoms with Crippen LogP contribution in [-0.4, -0.2) is 12.1 Å². The van der Waals surface area contributed by atoms with E-state index in [0.29, 0.717) is 6.42 Å². The second-order valence-corrected chi connectivity index (χ2v) is 3.85. The Bertz CT molecular complexity index is 221. The third kappa shape index (κ3) is 2.09. The van der Waals surface area contributed by atoms with Gasteiger partial charge in [-0.05, 0) is 19.8 Å². The van der Waals surface area contributed by atoms with Crippen LogP contribution in [0.4, 0.5) is 0 Å². The quantitative estimate of drug-likeness (QED) is 0.685. The predicted octanol–water partition coefficient (Wildman–Crippen LogP) is 2.77. The summed E-state index contributed by atoms with van der Waals surface area (Å²) in [6.45, 7) is 4.14. The van der Waals surface area contributed by atoms with Crippen LogP contribution >= 0.6 is 15.9 Å². The number of allylic oxidation sites excluding steroid dienone is 1. The molecule has 1 unspecified atom stereocenters. The lowest BCUT2D eigenvalue weighted by Crippen LogP contribution is -2.07. The van der Waals surface area contributed by atoms with Crippen molar-refractivity contribution in [1.29, 1.82) is 0 Å². The lowest BCUT2D eigenvalue weighted by Gasteiger charge is -2.10. The monoisotopic (exact) mass is 232 g/mol. The van der Waals surface area contributed by atoms with E-state index in [1.165, 1.54) is 5.57 Å². The molecule has 0 N–H and O–H groups in total. The summed E-state index contributed by atoms with van der Waals surface area (Å²) in [5.41, 5.74) is 1.26. The van der Waals surface area contributed by atoms with Gasteiger partial charge in [0.2, 0.25) is 0 Å². The molecule has 1 atom stereocenters. The Morgan fingerprint density at radius 2 is 2.42 bits per heavy atom. The molecule has 12 heavy (non-hydrogen) atoms. The molecule has 1 aliphatic heterocycles. The number of rotatable bonds is 2. The van der Waals surface area contributed by atoms with Gasteiger partial charge in [-0.1, -0.05) is 28.4 Å². The highest BCUT2D eigenvalue weighted by atomic mass is 79.9. The Morgan fingerprint density at radius 3 is 2.83 bits per heavy atom. The van der Waals surface area contributed by atoms with Crippen LogP contribution in [0.15, 0.2) is 10.1 Å². The van der Waals surface area contributed by atoms with Crippen LogP contribution in [0.5, 0.6) is 0 Å². The molecular weight excluding hydrogens is 220 g/mol. The van der Waals surface area contributed by atoms with E-state index in [4.69, 9.17) is 4.74 Å². The molecule has 0 aromatic carbocycles. The van der Waals surface area contributed by atoms with Crippen LogP contribution in [0, 0.1) is 0 Å². The van der Waals surface area contributed by atoms with Crippen molar-refractivity contribution in [2.75, 3.05) is 0 Å². The number of hydrogen-bond acceptors (Lipinski definition) is 2. The summed E-state index contributed by atoms with van der Waals surface area (Å²) in [7, 11) is 0. The highest BCUT2D eigenvalue weighted by Crippen LogP contribution is 2.28. The van der Waals surface area contributed by atoms with Crippen molar-refractivity contribution in [1.82, 2.24) is 0 Å². The molecule has 0 radical (unpaired) electrons. The Labute approximate surface area is 81.1 Å². The van der Waals surface area contributed by atoms with Crippen LogP contribution in [0.1, 0.15) is 33.1 Å². The van der Waals surface area contributed by atoms with E-state index >= 15 is 0 Å². The largest absolute Gasteiger partial charge is 0.457 e. The number of cyclic esters (lactones) is 1. The third-order valence-corrected chi connectivity index (χ3v) is 3.29. The Balaban J connectivity index is 2.65. The van der Waals surface area contributed by atoms with Gasteiger partial charge >= 0.3 is 5.97 Å². The van der Waals surface area contributed by atoms with E-state index in [2.05, 4.69) is 29.8 Å². The van der Waals surface area contributed by atoms with Crippen molar-refractivity contribution in [3.63, 3.8) is 0 Å². The average molecular weight is 233 g/mol. The molecule has 1 saturated heterocycles. The smallest absolute Gasteiger partial charge is 0.306 e. The fourth-order valence-electron chi connectivity index (χ4n) is 1.15. The van der Waals surface area contributed by atoms with Crippen LogP contribution in [-0.2, 0) is 9.53 Å². The lowest BCUT2D eigenvalue weighted by atomic mass is 10.1. The van der Waals surface area contributed by atoms with Crippen molar-refractivity contribution >= 4 is 21.9 Å². The molecule has 0 saturated carbocycles. The fraction of sp³-hybridized carbons (Fsp3) is 0.667. The van der Waals surface area contributed by atoms with Crippen molar-refractivity contribution < 1.29 is 9.53 Å². The summed E-state index contributed by atoms with van der Waals surface area (Å²) < 4.78 is 6.15. The molecule has 0 amide bonds. The first-order valence-corrected chi connectivity index (χ1v) is 4.99. The molecule has 1 rings (SSSR count). The zero-order valence-corrected chi connectivity index (χ0v) is 8.98. The van der Waals surface area contributed by atoms with Gasteiger partial charge in [0.15, 0.2) is 0 Å². The van der Waals surface area contributed by atoms with E-state index in [9.17, 15) is 4.79 Å². The molecule has 3 heteroatoms. The molecule has 1 aliphatic rings. The van der Waals surface area contributed by atoms with Gasteiger partial charge in [-0.25, -0.2) is 0 Å². The molecule has 0 spiro atoms. The van der Waals surface area contributed by atoms with E-state index in [0.717, 1.165) is 17.3 Å². The van der Waals surface area contributed by atoms with Crippen molar-refractivity contribution in [2.45, 2.75) is 39.2 Å². The first-order valence-electron chi connectivity index (χ1n) is 4.19. The van der Waals surface area contributed by atoms with Gasteiger partial charge in [0.25, 0.3) is 0 Å². The minimum atomic E-state index is -0.0825. The summed E-state index contributed by atoms with van der Waals surface area (Å²) in [5.74, 6) is -0.0825. The molecule has 68 valence electrons. The number of ether oxygens (including phenoxy) is 1. The van der Waals surface area contributed by atoms with Gasteiger partial charge in [0.05, 0.1) is 0 Å². The SMILES string of the molecule is CC/C(C)=C(\Br)C1CCC(=O)O1. The Kier molecular flexibility index (Phi) is 3.32. The average Bonchev–Trinajstić information content (AvgIpc) is 2.49. The van der Waals surface area contributed by atoms with Crippen molar-refractivity contribution in [3.05, 3.63) is 10.1 Å². The van der Waals surface area contributed by atoms with E-state index in [1.54, 1.807) is 0 Å². The maximum Gasteiger partial charge on any atom is 0.306 e. The molecule has 0 aromatic heterocycles. The molecule has 1 heterocycles. The maximum atomic E-state index is 10.8. The topological polar surface area (TPSA) is 26.3 Å². The van der Waals surface area contributed by atoms with Gasteiger partial charge in [0, 0.05) is 10.9 Å². The second-order valence-electron chi connectivity index (χ2n) is 3.00. The van der Waals surface area contributed by atoms with Gasteiger partial charge < -0.3 is 4.74 Å². The fourth-order valence-corrected chi connectivity index (χ4v) is 1.75. The zero-order valence-electron chi connectivity index (χ0n) is 7.39. The molecule has 0 aliphatic carbocycles. The number of carbonyl (C=O) groups excluding carboxylic acids is 1. The second kappa shape index (κ2) is 4.08. The molecule has 2 nitrogen and oxygen atoms in total.